The lowest BCUT2D eigenvalue weighted by Crippen LogP contribution is -2.31. The first kappa shape index (κ1) is 15.4. The second-order valence-corrected chi connectivity index (χ2v) is 5.63. The molecule has 114 valence electrons. The lowest BCUT2D eigenvalue weighted by molar-refractivity contribution is 0.0128. The van der Waals surface area contributed by atoms with Crippen LogP contribution in [0.15, 0.2) is 24.5 Å². The van der Waals surface area contributed by atoms with Gasteiger partial charge in [0.05, 0.1) is 17.0 Å². The summed E-state index contributed by atoms with van der Waals surface area (Å²) in [4.78, 5) is 0. The molecule has 21 heavy (non-hydrogen) atoms. The van der Waals surface area contributed by atoms with E-state index in [1.807, 2.05) is 20.8 Å². The van der Waals surface area contributed by atoms with Crippen LogP contribution in [0.5, 0.6) is 0 Å². The van der Waals surface area contributed by atoms with Crippen molar-refractivity contribution >= 4 is 5.69 Å². The zero-order valence-electron chi connectivity index (χ0n) is 12.7. The monoisotopic (exact) mass is 293 g/mol. The number of halogens is 1. The predicted molar refractivity (Wildman–Crippen MR) is 77.9 cm³/mol. The Hall–Kier alpha value is -2.02. The van der Waals surface area contributed by atoms with Gasteiger partial charge in [0.2, 0.25) is 0 Å². The van der Waals surface area contributed by atoms with Crippen molar-refractivity contribution in [1.29, 1.82) is 0 Å². The molecule has 1 unspecified atom stereocenters. The maximum Gasteiger partial charge on any atom is 0.146 e. The zero-order chi connectivity index (χ0) is 15.5. The lowest BCUT2D eigenvalue weighted by Gasteiger charge is -2.27. The van der Waals surface area contributed by atoms with Gasteiger partial charge < -0.3 is 10.1 Å². The molecule has 2 rings (SSSR count). The lowest BCUT2D eigenvalue weighted by atomic mass is 9.99. The van der Waals surface area contributed by atoms with Gasteiger partial charge in [-0.15, -0.1) is 5.10 Å². The average molecular weight is 293 g/mol. The summed E-state index contributed by atoms with van der Waals surface area (Å²) in [5.74, 6) is -0.311. The highest BCUT2D eigenvalue weighted by Gasteiger charge is 2.20. The number of anilines is 1. The molecule has 1 aromatic heterocycles. The van der Waals surface area contributed by atoms with Crippen LogP contribution < -0.4 is 5.32 Å². The molecule has 1 heterocycles. The van der Waals surface area contributed by atoms with Gasteiger partial charge in [0.1, 0.15) is 12.1 Å². The largest absolute Gasteiger partial charge is 0.380 e. The van der Waals surface area contributed by atoms with E-state index in [9.17, 15) is 4.39 Å². The molecule has 1 N–H and O–H groups in total. The number of ether oxygens (including phenoxy) is 1. The minimum absolute atomic E-state index is 0.0542. The van der Waals surface area contributed by atoms with Gasteiger partial charge in [0.25, 0.3) is 0 Å². The number of methoxy groups -OCH3 is 1. The van der Waals surface area contributed by atoms with E-state index in [-0.39, 0.29) is 17.5 Å². The van der Waals surface area contributed by atoms with Crippen molar-refractivity contribution in [1.82, 2.24) is 20.2 Å². The van der Waals surface area contributed by atoms with Crippen LogP contribution in [-0.4, -0.2) is 39.0 Å². The summed E-state index contributed by atoms with van der Waals surface area (Å²) in [7, 11) is 1.67. The fourth-order valence-electron chi connectivity index (χ4n) is 2.18. The van der Waals surface area contributed by atoms with Crippen molar-refractivity contribution in [3.05, 3.63) is 30.3 Å². The van der Waals surface area contributed by atoms with Crippen LogP contribution in [0.25, 0.3) is 5.69 Å². The van der Waals surface area contributed by atoms with E-state index in [1.54, 1.807) is 19.2 Å². The summed E-state index contributed by atoms with van der Waals surface area (Å²) in [6.45, 7) is 5.99. The van der Waals surface area contributed by atoms with Crippen LogP contribution in [-0.2, 0) is 4.74 Å². The SMILES string of the molecule is COC(C)(C)CC(C)Nc1cc(-n2cnnn2)ccc1F. The van der Waals surface area contributed by atoms with Crippen molar-refractivity contribution in [3.8, 4) is 5.69 Å². The molecular formula is C14H20FN5O. The Morgan fingerprint density at radius 2 is 2.19 bits per heavy atom. The maximum atomic E-state index is 13.9. The van der Waals surface area contributed by atoms with Gasteiger partial charge in [0.15, 0.2) is 0 Å². The predicted octanol–water partition coefficient (Wildman–Crippen LogP) is 2.42. The van der Waals surface area contributed by atoms with Gasteiger partial charge in [-0.25, -0.2) is 9.07 Å². The van der Waals surface area contributed by atoms with Gasteiger partial charge in [-0.05, 0) is 55.8 Å². The van der Waals surface area contributed by atoms with E-state index in [4.69, 9.17) is 4.74 Å². The normalized spacial score (nSPS) is 13.2. The van der Waals surface area contributed by atoms with Crippen LogP contribution in [0.4, 0.5) is 10.1 Å². The number of hydrogen-bond donors (Lipinski definition) is 1. The number of benzene rings is 1. The van der Waals surface area contributed by atoms with E-state index in [2.05, 4.69) is 20.8 Å². The van der Waals surface area contributed by atoms with Crippen LogP contribution in [0.3, 0.4) is 0 Å². The standard InChI is InChI=1S/C14H20FN5O/c1-10(8-14(2,3)21-4)17-13-7-11(5-6-12(13)15)20-9-16-18-19-20/h5-7,9-10,17H,8H2,1-4H3. The number of nitrogens with zero attached hydrogens (tertiary/aromatic N) is 4. The Kier molecular flexibility index (Phi) is 4.52. The number of rotatable bonds is 6. The summed E-state index contributed by atoms with van der Waals surface area (Å²) < 4.78 is 20.8. The third-order valence-corrected chi connectivity index (χ3v) is 3.32. The molecule has 7 heteroatoms. The van der Waals surface area contributed by atoms with Gasteiger partial charge in [-0.2, -0.15) is 0 Å². The highest BCUT2D eigenvalue weighted by atomic mass is 19.1. The smallest absolute Gasteiger partial charge is 0.146 e. The average Bonchev–Trinajstić information content (AvgIpc) is 2.94. The Labute approximate surface area is 123 Å². The van der Waals surface area contributed by atoms with E-state index >= 15 is 0 Å². The fraction of sp³-hybridized carbons (Fsp3) is 0.500. The van der Waals surface area contributed by atoms with Crippen LogP contribution in [0.2, 0.25) is 0 Å². The molecule has 0 amide bonds. The zero-order valence-corrected chi connectivity index (χ0v) is 12.7. The first-order valence-electron chi connectivity index (χ1n) is 6.76. The van der Waals surface area contributed by atoms with Crippen LogP contribution in [0, 0.1) is 5.82 Å². The number of aromatic nitrogens is 4. The molecule has 2 aromatic rings. The molecule has 0 aliphatic heterocycles. The summed E-state index contributed by atoms with van der Waals surface area (Å²) >= 11 is 0. The topological polar surface area (TPSA) is 64.9 Å². The van der Waals surface area contributed by atoms with E-state index in [0.717, 1.165) is 6.42 Å². The molecule has 0 saturated carbocycles. The number of hydrogen-bond acceptors (Lipinski definition) is 5. The molecule has 1 aromatic carbocycles. The minimum Gasteiger partial charge on any atom is -0.380 e. The third-order valence-electron chi connectivity index (χ3n) is 3.32. The molecule has 0 bridgehead atoms. The first-order chi connectivity index (χ1) is 9.91. The van der Waals surface area contributed by atoms with E-state index in [1.165, 1.54) is 17.1 Å². The van der Waals surface area contributed by atoms with E-state index < -0.39 is 0 Å². The minimum atomic E-state index is -0.311. The summed E-state index contributed by atoms with van der Waals surface area (Å²) in [5.41, 5.74) is 0.848. The van der Waals surface area contributed by atoms with Crippen molar-refractivity contribution in [2.24, 2.45) is 0 Å². The van der Waals surface area contributed by atoms with Crippen molar-refractivity contribution in [2.45, 2.75) is 38.8 Å². The second kappa shape index (κ2) is 6.17. The van der Waals surface area contributed by atoms with Crippen LogP contribution >= 0.6 is 0 Å². The van der Waals surface area contributed by atoms with Crippen molar-refractivity contribution < 1.29 is 9.13 Å². The molecule has 1 atom stereocenters. The molecule has 6 nitrogen and oxygen atoms in total. The number of nitrogens with one attached hydrogen (secondary N) is 1. The highest BCUT2D eigenvalue weighted by Crippen LogP contribution is 2.22. The van der Waals surface area contributed by atoms with Crippen molar-refractivity contribution in [2.75, 3.05) is 12.4 Å². The fourth-order valence-corrected chi connectivity index (χ4v) is 2.18. The Morgan fingerprint density at radius 3 is 2.81 bits per heavy atom. The van der Waals surface area contributed by atoms with Gasteiger partial charge in [0, 0.05) is 13.2 Å². The first-order valence-corrected chi connectivity index (χ1v) is 6.76. The third kappa shape index (κ3) is 3.98. The van der Waals surface area contributed by atoms with Gasteiger partial charge in [-0.1, -0.05) is 0 Å². The molecular weight excluding hydrogens is 273 g/mol. The molecule has 0 radical (unpaired) electrons. The molecule has 0 fully saturated rings. The molecule has 0 spiro atoms. The summed E-state index contributed by atoms with van der Waals surface area (Å²) in [6.07, 6.45) is 2.21. The maximum absolute atomic E-state index is 13.9. The Morgan fingerprint density at radius 1 is 1.43 bits per heavy atom. The van der Waals surface area contributed by atoms with E-state index in [0.29, 0.717) is 11.4 Å². The van der Waals surface area contributed by atoms with Crippen LogP contribution in [0.1, 0.15) is 27.2 Å². The van der Waals surface area contributed by atoms with Crippen molar-refractivity contribution in [3.63, 3.8) is 0 Å². The summed E-state index contributed by atoms with van der Waals surface area (Å²) in [5, 5.41) is 14.1. The van der Waals surface area contributed by atoms with Gasteiger partial charge in [-0.3, -0.25) is 0 Å². The van der Waals surface area contributed by atoms with Gasteiger partial charge >= 0.3 is 0 Å². The molecule has 0 aliphatic rings. The molecule has 0 aliphatic carbocycles. The molecule has 0 saturated heterocycles. The highest BCUT2D eigenvalue weighted by molar-refractivity contribution is 5.52. The number of tetrazole rings is 1. The second-order valence-electron chi connectivity index (χ2n) is 5.63. The summed E-state index contributed by atoms with van der Waals surface area (Å²) in [6, 6.07) is 4.76. The Balaban J connectivity index is 2.14. The quantitative estimate of drug-likeness (QED) is 0.886. The Bertz CT molecular complexity index is 585.